The van der Waals surface area contributed by atoms with Gasteiger partial charge in [-0.1, -0.05) is 0 Å². The molecule has 204 valence electrons. The predicted molar refractivity (Wildman–Crippen MR) is 149 cm³/mol. The summed E-state index contributed by atoms with van der Waals surface area (Å²) in [5.74, 6) is 0. The van der Waals surface area contributed by atoms with Crippen molar-refractivity contribution in [2.75, 3.05) is 19.8 Å². The van der Waals surface area contributed by atoms with E-state index in [1.54, 1.807) is 0 Å². The second-order valence-corrected chi connectivity index (χ2v) is 12.9. The summed E-state index contributed by atoms with van der Waals surface area (Å²) in [5.41, 5.74) is 3.46. The molecule has 6 nitrogen and oxygen atoms in total. The van der Waals surface area contributed by atoms with E-state index in [0.29, 0.717) is 34.3 Å². The standard InChI is InChI=1S/C32H35NO5Se/c1-3-10-22(11-4-1)31-35-19-26-29(37-31)30-27(20-36-32(38-30)23-12-5-2-6-13-23)33(26)18-24-14-7-8-16-28(24)39-21-25-15-9-17-34-25/h1-8,10-14,16,25-27,29-32H,9,15,17-21H2/t25?,26-,27-,29+,30+,31+,32+/m0/s1. The van der Waals surface area contributed by atoms with E-state index >= 15 is 0 Å². The molecule has 4 heterocycles. The Kier molecular flexibility index (Phi) is 7.84. The maximum absolute atomic E-state index is 6.71. The molecular weight excluding hydrogens is 557 g/mol. The van der Waals surface area contributed by atoms with Crippen LogP contribution in [0.2, 0.25) is 5.32 Å². The molecule has 3 aromatic carbocycles. The summed E-state index contributed by atoms with van der Waals surface area (Å²) in [6.07, 6.45) is 1.81. The van der Waals surface area contributed by atoms with Crippen LogP contribution in [-0.4, -0.2) is 70.1 Å². The van der Waals surface area contributed by atoms with E-state index in [2.05, 4.69) is 53.4 Å². The molecule has 3 aromatic rings. The average Bonchev–Trinajstić information content (AvgIpc) is 3.64. The first-order valence-corrected chi connectivity index (χ1v) is 16.1. The number of nitrogens with zero attached hydrogens (tertiary/aromatic N) is 1. The number of likely N-dealkylation sites (tertiary alicyclic amines) is 1. The second-order valence-electron chi connectivity index (χ2n) is 10.7. The van der Waals surface area contributed by atoms with E-state index in [1.165, 1.54) is 22.9 Å². The summed E-state index contributed by atoms with van der Waals surface area (Å²) >= 11 is 0.375. The number of fused-ring (bicyclic) bond motifs is 3. The molecule has 0 saturated carbocycles. The molecule has 0 amide bonds. The monoisotopic (exact) mass is 593 g/mol. The summed E-state index contributed by atoms with van der Waals surface area (Å²) in [4.78, 5) is 2.53. The fourth-order valence-electron chi connectivity index (χ4n) is 6.25. The van der Waals surface area contributed by atoms with Gasteiger partial charge in [-0.05, 0) is 0 Å². The first-order chi connectivity index (χ1) is 19.3. The predicted octanol–water partition coefficient (Wildman–Crippen LogP) is 4.39. The Morgan fingerprint density at radius 1 is 0.692 bits per heavy atom. The molecule has 7 atom stereocenters. The Bertz CT molecular complexity index is 1160. The number of hydrogen-bond acceptors (Lipinski definition) is 6. The second kappa shape index (κ2) is 11.8. The molecule has 39 heavy (non-hydrogen) atoms. The molecule has 7 heteroatoms. The first kappa shape index (κ1) is 25.9. The molecule has 0 aliphatic carbocycles. The van der Waals surface area contributed by atoms with Crippen LogP contribution in [-0.2, 0) is 30.2 Å². The van der Waals surface area contributed by atoms with Crippen molar-refractivity contribution in [3.63, 3.8) is 0 Å². The fourth-order valence-corrected chi connectivity index (χ4v) is 8.60. The molecule has 4 fully saturated rings. The van der Waals surface area contributed by atoms with Crippen LogP contribution >= 0.6 is 0 Å². The van der Waals surface area contributed by atoms with Crippen molar-refractivity contribution in [2.45, 2.75) is 67.7 Å². The van der Waals surface area contributed by atoms with E-state index in [0.717, 1.165) is 29.6 Å². The molecule has 0 radical (unpaired) electrons. The first-order valence-electron chi connectivity index (χ1n) is 14.1. The minimum atomic E-state index is -0.392. The van der Waals surface area contributed by atoms with Gasteiger partial charge in [0.2, 0.25) is 0 Å². The van der Waals surface area contributed by atoms with Crippen molar-refractivity contribution in [2.24, 2.45) is 0 Å². The average molecular weight is 593 g/mol. The zero-order valence-corrected chi connectivity index (χ0v) is 23.7. The fraction of sp³-hybridized carbons (Fsp3) is 0.438. The maximum atomic E-state index is 6.71. The van der Waals surface area contributed by atoms with E-state index in [1.807, 2.05) is 36.4 Å². The number of hydrogen-bond donors (Lipinski definition) is 0. The molecule has 7 rings (SSSR count). The molecule has 0 bridgehead atoms. The molecule has 4 saturated heterocycles. The summed E-state index contributed by atoms with van der Waals surface area (Å²) in [6.45, 7) is 2.94. The van der Waals surface area contributed by atoms with Gasteiger partial charge in [0.25, 0.3) is 0 Å². The Labute approximate surface area is 236 Å². The summed E-state index contributed by atoms with van der Waals surface area (Å²) in [6, 6.07) is 29.5. The van der Waals surface area contributed by atoms with Gasteiger partial charge in [0.15, 0.2) is 0 Å². The van der Waals surface area contributed by atoms with E-state index in [-0.39, 0.29) is 24.3 Å². The summed E-state index contributed by atoms with van der Waals surface area (Å²) in [7, 11) is 0. The Balaban J connectivity index is 1.14. The zero-order chi connectivity index (χ0) is 26.0. The Hall–Kier alpha value is -2.06. The van der Waals surface area contributed by atoms with Gasteiger partial charge in [0.05, 0.1) is 0 Å². The number of rotatable bonds is 7. The molecular formula is C32H35NO5Se. The third kappa shape index (κ3) is 5.48. The minimum absolute atomic E-state index is 0.0943. The van der Waals surface area contributed by atoms with Crippen LogP contribution in [0.25, 0.3) is 0 Å². The number of ether oxygens (including phenoxy) is 5. The van der Waals surface area contributed by atoms with Crippen molar-refractivity contribution < 1.29 is 23.7 Å². The van der Waals surface area contributed by atoms with E-state index in [9.17, 15) is 0 Å². The van der Waals surface area contributed by atoms with Crippen LogP contribution in [0, 0.1) is 0 Å². The number of benzene rings is 3. The van der Waals surface area contributed by atoms with E-state index in [4.69, 9.17) is 23.7 Å². The van der Waals surface area contributed by atoms with Gasteiger partial charge in [-0.25, -0.2) is 0 Å². The Morgan fingerprint density at radius 2 is 1.28 bits per heavy atom. The van der Waals surface area contributed by atoms with Crippen molar-refractivity contribution in [3.05, 3.63) is 102 Å². The van der Waals surface area contributed by atoms with Gasteiger partial charge in [0.1, 0.15) is 0 Å². The van der Waals surface area contributed by atoms with Crippen molar-refractivity contribution >= 4 is 19.4 Å². The van der Waals surface area contributed by atoms with Gasteiger partial charge < -0.3 is 0 Å². The Morgan fingerprint density at radius 3 is 1.87 bits per heavy atom. The van der Waals surface area contributed by atoms with Gasteiger partial charge in [0, 0.05) is 0 Å². The molecule has 1 unspecified atom stereocenters. The van der Waals surface area contributed by atoms with Gasteiger partial charge in [-0.3, -0.25) is 0 Å². The third-order valence-electron chi connectivity index (χ3n) is 8.25. The quantitative estimate of drug-likeness (QED) is 0.380. The van der Waals surface area contributed by atoms with Crippen LogP contribution < -0.4 is 4.46 Å². The van der Waals surface area contributed by atoms with Gasteiger partial charge >= 0.3 is 237 Å². The zero-order valence-electron chi connectivity index (χ0n) is 22.0. The summed E-state index contributed by atoms with van der Waals surface area (Å²) < 4.78 is 33.5. The summed E-state index contributed by atoms with van der Waals surface area (Å²) in [5, 5.41) is 1.14. The van der Waals surface area contributed by atoms with Crippen LogP contribution in [0.1, 0.15) is 42.1 Å². The van der Waals surface area contributed by atoms with Crippen molar-refractivity contribution in [1.29, 1.82) is 0 Å². The SMILES string of the molecule is c1ccc([C@@H]2OC[C@H]3[C@@H](O2)[C@@H]2O[C@H](c4ccccc4)OC[C@@H]2N3Cc2ccccc2[Se]CC2CCCO2)cc1. The topological polar surface area (TPSA) is 49.4 Å². The third-order valence-corrected chi connectivity index (χ3v) is 10.9. The van der Waals surface area contributed by atoms with Gasteiger partial charge in [-0.15, -0.1) is 0 Å². The van der Waals surface area contributed by atoms with E-state index < -0.39 is 12.6 Å². The molecule has 4 aliphatic rings. The van der Waals surface area contributed by atoms with Gasteiger partial charge in [-0.2, -0.15) is 0 Å². The molecule has 0 spiro atoms. The van der Waals surface area contributed by atoms with Crippen molar-refractivity contribution in [1.82, 2.24) is 4.90 Å². The normalized spacial score (nSPS) is 32.6. The molecule has 4 aliphatic heterocycles. The van der Waals surface area contributed by atoms with Crippen LogP contribution in [0.3, 0.4) is 0 Å². The van der Waals surface area contributed by atoms with Crippen LogP contribution in [0.5, 0.6) is 0 Å². The molecule has 0 N–H and O–H groups in total. The van der Waals surface area contributed by atoms with Crippen molar-refractivity contribution in [3.8, 4) is 0 Å². The molecule has 0 aromatic heterocycles. The van der Waals surface area contributed by atoms with Crippen LogP contribution in [0.4, 0.5) is 0 Å². The van der Waals surface area contributed by atoms with Crippen LogP contribution in [0.15, 0.2) is 84.9 Å².